The standard InChI is InChI=1S/C12H17ClN2O/c1-8-6-9(7-16-8)12(15-14)10-4-2-3-5-11(10)13/h2-5,8-9,12,15H,6-7,14H2,1H3. The topological polar surface area (TPSA) is 47.3 Å². The molecule has 0 aromatic heterocycles. The molecule has 0 amide bonds. The summed E-state index contributed by atoms with van der Waals surface area (Å²) in [5.74, 6) is 6.02. The summed E-state index contributed by atoms with van der Waals surface area (Å²) in [5.41, 5.74) is 3.91. The van der Waals surface area contributed by atoms with Gasteiger partial charge in [-0.1, -0.05) is 29.8 Å². The fourth-order valence-electron chi connectivity index (χ4n) is 2.29. The average Bonchev–Trinajstić information content (AvgIpc) is 2.69. The monoisotopic (exact) mass is 240 g/mol. The molecular weight excluding hydrogens is 224 g/mol. The Bertz CT molecular complexity index is 359. The normalized spacial score (nSPS) is 26.9. The molecular formula is C12H17ClN2O. The van der Waals surface area contributed by atoms with Crippen LogP contribution >= 0.6 is 11.6 Å². The van der Waals surface area contributed by atoms with Gasteiger partial charge in [-0.3, -0.25) is 11.3 Å². The van der Waals surface area contributed by atoms with Crippen LogP contribution in [0.1, 0.15) is 24.9 Å². The van der Waals surface area contributed by atoms with Crippen molar-refractivity contribution in [1.29, 1.82) is 0 Å². The van der Waals surface area contributed by atoms with Crippen LogP contribution in [0.4, 0.5) is 0 Å². The molecule has 4 heteroatoms. The van der Waals surface area contributed by atoms with Gasteiger partial charge in [-0.15, -0.1) is 0 Å². The maximum Gasteiger partial charge on any atom is 0.0551 e. The quantitative estimate of drug-likeness (QED) is 0.630. The highest BCUT2D eigenvalue weighted by molar-refractivity contribution is 6.31. The van der Waals surface area contributed by atoms with E-state index in [-0.39, 0.29) is 6.04 Å². The molecule has 3 atom stereocenters. The van der Waals surface area contributed by atoms with Gasteiger partial charge in [-0.25, -0.2) is 0 Å². The van der Waals surface area contributed by atoms with Gasteiger partial charge in [0.2, 0.25) is 0 Å². The molecule has 0 bridgehead atoms. The van der Waals surface area contributed by atoms with Crippen LogP contribution in [-0.2, 0) is 4.74 Å². The lowest BCUT2D eigenvalue weighted by Gasteiger charge is -2.22. The zero-order valence-corrected chi connectivity index (χ0v) is 10.1. The minimum atomic E-state index is 0.0682. The van der Waals surface area contributed by atoms with Crippen LogP contribution < -0.4 is 11.3 Å². The van der Waals surface area contributed by atoms with Crippen LogP contribution in [0.5, 0.6) is 0 Å². The number of rotatable bonds is 3. The Morgan fingerprint density at radius 3 is 2.81 bits per heavy atom. The summed E-state index contributed by atoms with van der Waals surface area (Å²) in [5, 5.41) is 0.755. The van der Waals surface area contributed by atoms with Crippen molar-refractivity contribution in [3.8, 4) is 0 Å². The Balaban J connectivity index is 2.19. The first-order valence-electron chi connectivity index (χ1n) is 5.54. The summed E-state index contributed by atoms with van der Waals surface area (Å²) < 4.78 is 5.57. The number of nitrogens with two attached hydrogens (primary N) is 1. The molecule has 1 fully saturated rings. The molecule has 0 aliphatic carbocycles. The van der Waals surface area contributed by atoms with Crippen molar-refractivity contribution >= 4 is 11.6 Å². The first-order valence-corrected chi connectivity index (χ1v) is 5.92. The van der Waals surface area contributed by atoms with Crippen molar-refractivity contribution < 1.29 is 4.74 Å². The molecule has 0 radical (unpaired) electrons. The first kappa shape index (κ1) is 11.9. The van der Waals surface area contributed by atoms with Crippen molar-refractivity contribution in [1.82, 2.24) is 5.43 Å². The highest BCUT2D eigenvalue weighted by Gasteiger charge is 2.30. The molecule has 1 aliphatic rings. The minimum Gasteiger partial charge on any atom is -0.378 e. The second-order valence-electron chi connectivity index (χ2n) is 4.31. The summed E-state index contributed by atoms with van der Waals surface area (Å²) >= 11 is 6.18. The first-order chi connectivity index (χ1) is 7.72. The van der Waals surface area contributed by atoms with Gasteiger partial charge in [0.15, 0.2) is 0 Å². The molecule has 1 aromatic carbocycles. The number of ether oxygens (including phenoxy) is 1. The second-order valence-corrected chi connectivity index (χ2v) is 4.71. The van der Waals surface area contributed by atoms with Crippen LogP contribution in [0.3, 0.4) is 0 Å². The summed E-state index contributed by atoms with van der Waals surface area (Å²) in [6, 6.07) is 7.87. The van der Waals surface area contributed by atoms with E-state index < -0.39 is 0 Å². The Labute approximate surface area is 101 Å². The third kappa shape index (κ3) is 2.38. The fourth-order valence-corrected chi connectivity index (χ4v) is 2.54. The van der Waals surface area contributed by atoms with Crippen molar-refractivity contribution in [2.24, 2.45) is 11.8 Å². The third-order valence-electron chi connectivity index (χ3n) is 3.12. The molecule has 16 heavy (non-hydrogen) atoms. The van der Waals surface area contributed by atoms with E-state index in [0.29, 0.717) is 12.0 Å². The predicted octanol–water partition coefficient (Wildman–Crippen LogP) is 2.27. The van der Waals surface area contributed by atoms with Gasteiger partial charge in [0.1, 0.15) is 0 Å². The number of nitrogens with one attached hydrogen (secondary N) is 1. The Hall–Kier alpha value is -0.610. The lowest BCUT2D eigenvalue weighted by Crippen LogP contribution is -2.34. The van der Waals surface area contributed by atoms with E-state index in [1.54, 1.807) is 0 Å². The van der Waals surface area contributed by atoms with E-state index in [9.17, 15) is 0 Å². The van der Waals surface area contributed by atoms with Crippen molar-refractivity contribution in [2.75, 3.05) is 6.61 Å². The average molecular weight is 241 g/mol. The SMILES string of the molecule is CC1CC(C(NN)c2ccccc2Cl)CO1. The van der Waals surface area contributed by atoms with E-state index in [2.05, 4.69) is 12.3 Å². The number of hydrogen-bond acceptors (Lipinski definition) is 3. The predicted molar refractivity (Wildman–Crippen MR) is 65.0 cm³/mol. The van der Waals surface area contributed by atoms with Crippen LogP contribution in [0.2, 0.25) is 5.02 Å². The highest BCUT2D eigenvalue weighted by atomic mass is 35.5. The van der Waals surface area contributed by atoms with E-state index >= 15 is 0 Å². The highest BCUT2D eigenvalue weighted by Crippen LogP contribution is 2.34. The van der Waals surface area contributed by atoms with Crippen molar-refractivity contribution in [3.63, 3.8) is 0 Å². The van der Waals surface area contributed by atoms with Crippen molar-refractivity contribution in [3.05, 3.63) is 34.9 Å². The summed E-state index contributed by atoms with van der Waals surface area (Å²) in [4.78, 5) is 0. The Kier molecular flexibility index (Phi) is 3.82. The van der Waals surface area contributed by atoms with E-state index in [0.717, 1.165) is 23.6 Å². The molecule has 3 unspecified atom stereocenters. The van der Waals surface area contributed by atoms with E-state index in [1.165, 1.54) is 0 Å². The number of benzene rings is 1. The maximum atomic E-state index is 6.18. The van der Waals surface area contributed by atoms with Crippen LogP contribution in [0, 0.1) is 5.92 Å². The molecule has 0 spiro atoms. The second kappa shape index (κ2) is 5.15. The van der Waals surface area contributed by atoms with Gasteiger partial charge >= 0.3 is 0 Å². The number of halogens is 1. The smallest absolute Gasteiger partial charge is 0.0551 e. The molecule has 3 nitrogen and oxygen atoms in total. The zero-order chi connectivity index (χ0) is 11.5. The molecule has 1 heterocycles. The Morgan fingerprint density at radius 1 is 1.50 bits per heavy atom. The van der Waals surface area contributed by atoms with Crippen LogP contribution in [-0.4, -0.2) is 12.7 Å². The molecule has 1 saturated heterocycles. The lowest BCUT2D eigenvalue weighted by atomic mass is 9.91. The van der Waals surface area contributed by atoms with E-state index in [1.807, 2.05) is 24.3 Å². The van der Waals surface area contributed by atoms with Crippen LogP contribution in [0.25, 0.3) is 0 Å². The summed E-state index contributed by atoms with van der Waals surface area (Å²) in [7, 11) is 0. The number of hydrazine groups is 1. The fraction of sp³-hybridized carbons (Fsp3) is 0.500. The van der Waals surface area contributed by atoms with Crippen molar-refractivity contribution in [2.45, 2.75) is 25.5 Å². The lowest BCUT2D eigenvalue weighted by molar-refractivity contribution is 0.117. The Morgan fingerprint density at radius 2 is 2.25 bits per heavy atom. The van der Waals surface area contributed by atoms with Gasteiger partial charge in [0.05, 0.1) is 18.8 Å². The molecule has 0 saturated carbocycles. The molecule has 2 rings (SSSR count). The molecule has 3 N–H and O–H groups in total. The zero-order valence-electron chi connectivity index (χ0n) is 9.32. The van der Waals surface area contributed by atoms with Gasteiger partial charge in [0, 0.05) is 10.9 Å². The third-order valence-corrected chi connectivity index (χ3v) is 3.46. The molecule has 1 aromatic rings. The minimum absolute atomic E-state index is 0.0682. The van der Waals surface area contributed by atoms with Gasteiger partial charge in [-0.05, 0) is 25.0 Å². The summed E-state index contributed by atoms with van der Waals surface area (Å²) in [6.07, 6.45) is 1.32. The van der Waals surface area contributed by atoms with E-state index in [4.69, 9.17) is 22.2 Å². The summed E-state index contributed by atoms with van der Waals surface area (Å²) in [6.45, 7) is 2.82. The molecule has 88 valence electrons. The maximum absolute atomic E-state index is 6.18. The largest absolute Gasteiger partial charge is 0.378 e. The van der Waals surface area contributed by atoms with Crippen LogP contribution in [0.15, 0.2) is 24.3 Å². The number of hydrogen-bond donors (Lipinski definition) is 2. The molecule has 1 aliphatic heterocycles. The van der Waals surface area contributed by atoms with Gasteiger partial charge < -0.3 is 4.74 Å². The van der Waals surface area contributed by atoms with Gasteiger partial charge in [0.25, 0.3) is 0 Å². The van der Waals surface area contributed by atoms with Gasteiger partial charge in [-0.2, -0.15) is 0 Å².